The van der Waals surface area contributed by atoms with Crippen molar-refractivity contribution < 1.29 is 4.39 Å². The highest BCUT2D eigenvalue weighted by Crippen LogP contribution is 2.30. The number of hydrogen-bond donors (Lipinski definition) is 0. The van der Waals surface area contributed by atoms with Gasteiger partial charge in [-0.1, -0.05) is 24.8 Å². The summed E-state index contributed by atoms with van der Waals surface area (Å²) in [5.74, 6) is -0.256. The molecule has 0 aliphatic carbocycles. The van der Waals surface area contributed by atoms with Crippen molar-refractivity contribution in [3.63, 3.8) is 0 Å². The number of thiazole rings is 1. The van der Waals surface area contributed by atoms with Crippen LogP contribution in [-0.4, -0.2) is 4.98 Å². The molecule has 0 atom stereocenters. The lowest BCUT2D eigenvalue weighted by Gasteiger charge is -2.08. The summed E-state index contributed by atoms with van der Waals surface area (Å²) in [5.41, 5.74) is 3.18. The van der Waals surface area contributed by atoms with E-state index in [2.05, 4.69) is 11.6 Å². The molecule has 0 spiro atoms. The van der Waals surface area contributed by atoms with Crippen molar-refractivity contribution in [1.82, 2.24) is 4.98 Å². The number of aryl methyl sites for hydroxylation is 1. The van der Waals surface area contributed by atoms with Crippen molar-refractivity contribution in [2.45, 2.75) is 13.8 Å². The summed E-state index contributed by atoms with van der Waals surface area (Å²) >= 11 is 1.59. The van der Waals surface area contributed by atoms with Gasteiger partial charge in [-0.25, -0.2) is 9.37 Å². The minimum atomic E-state index is -0.256. The largest absolute Gasteiger partial charge is 0.242 e. The molecule has 0 radical (unpaired) electrons. The molecule has 0 N–H and O–H groups in total. The fourth-order valence-electron chi connectivity index (χ4n) is 1.87. The van der Waals surface area contributed by atoms with Crippen LogP contribution >= 0.6 is 11.3 Å². The normalized spacial score (nSPS) is 11.1. The summed E-state index contributed by atoms with van der Waals surface area (Å²) in [7, 11) is 0. The van der Waals surface area contributed by atoms with E-state index in [1.54, 1.807) is 23.5 Å². The maximum atomic E-state index is 13.8. The Hall–Kier alpha value is -1.74. The van der Waals surface area contributed by atoms with E-state index in [0.717, 1.165) is 21.8 Å². The predicted molar refractivity (Wildman–Crippen MR) is 77.0 cm³/mol. The van der Waals surface area contributed by atoms with E-state index in [4.69, 9.17) is 0 Å². The molecule has 0 saturated carbocycles. The van der Waals surface area contributed by atoms with Crippen LogP contribution in [0.25, 0.3) is 23.4 Å². The molecule has 18 heavy (non-hydrogen) atoms. The predicted octanol–water partition coefficient (Wildman–Crippen LogP) is 4.93. The Morgan fingerprint density at radius 3 is 2.67 bits per heavy atom. The van der Waals surface area contributed by atoms with Gasteiger partial charge >= 0.3 is 0 Å². The Bertz CT molecular complexity index is 611. The topological polar surface area (TPSA) is 12.9 Å². The van der Waals surface area contributed by atoms with E-state index in [-0.39, 0.29) is 5.82 Å². The Morgan fingerprint density at radius 1 is 1.33 bits per heavy atom. The Balaban J connectivity index is 2.70. The van der Waals surface area contributed by atoms with Crippen LogP contribution in [0.5, 0.6) is 0 Å². The molecule has 2 rings (SSSR count). The molecule has 1 aromatic carbocycles. The number of benzene rings is 1. The van der Waals surface area contributed by atoms with Crippen molar-refractivity contribution in [3.8, 4) is 11.3 Å². The maximum absolute atomic E-state index is 13.8. The number of allylic oxidation sites excluding steroid dienone is 1. The van der Waals surface area contributed by atoms with Crippen LogP contribution in [0, 0.1) is 12.7 Å². The molecule has 92 valence electrons. The molecule has 0 bridgehead atoms. The zero-order valence-corrected chi connectivity index (χ0v) is 11.2. The van der Waals surface area contributed by atoms with Crippen LogP contribution < -0.4 is 0 Å². The minimum absolute atomic E-state index is 0.256. The van der Waals surface area contributed by atoms with Gasteiger partial charge in [-0.15, -0.1) is 11.3 Å². The quantitative estimate of drug-likeness (QED) is 0.761. The second-order valence-corrected chi connectivity index (χ2v) is 4.94. The van der Waals surface area contributed by atoms with Gasteiger partial charge in [0.25, 0.3) is 0 Å². The Morgan fingerprint density at radius 2 is 2.11 bits per heavy atom. The van der Waals surface area contributed by atoms with Crippen molar-refractivity contribution in [2.75, 3.05) is 0 Å². The second-order valence-electron chi connectivity index (χ2n) is 3.88. The van der Waals surface area contributed by atoms with E-state index < -0.39 is 0 Å². The number of hydrogen-bond acceptors (Lipinski definition) is 2. The number of halogens is 1. The van der Waals surface area contributed by atoms with Gasteiger partial charge < -0.3 is 0 Å². The SMILES string of the molecule is C=Cc1c(F)ccc(-c2csc(C)n2)c1/C=C\C. The molecule has 0 fully saturated rings. The van der Waals surface area contributed by atoms with Crippen molar-refractivity contribution >= 4 is 23.5 Å². The van der Waals surface area contributed by atoms with Crippen LogP contribution in [0.4, 0.5) is 4.39 Å². The van der Waals surface area contributed by atoms with E-state index in [0.29, 0.717) is 5.56 Å². The summed E-state index contributed by atoms with van der Waals surface area (Å²) in [4.78, 5) is 4.46. The maximum Gasteiger partial charge on any atom is 0.131 e. The third-order valence-electron chi connectivity index (χ3n) is 2.67. The van der Waals surface area contributed by atoms with Gasteiger partial charge in [0.05, 0.1) is 10.7 Å². The molecule has 0 unspecified atom stereocenters. The highest BCUT2D eigenvalue weighted by atomic mass is 32.1. The van der Waals surface area contributed by atoms with Gasteiger partial charge in [-0.2, -0.15) is 0 Å². The second kappa shape index (κ2) is 5.27. The third kappa shape index (κ3) is 2.27. The Kier molecular flexibility index (Phi) is 3.72. The van der Waals surface area contributed by atoms with Crippen molar-refractivity contribution in [3.05, 3.63) is 52.1 Å². The summed E-state index contributed by atoms with van der Waals surface area (Å²) in [5, 5.41) is 2.99. The minimum Gasteiger partial charge on any atom is -0.242 e. The summed E-state index contributed by atoms with van der Waals surface area (Å²) in [6.07, 6.45) is 5.34. The molecule has 0 aliphatic heterocycles. The first-order valence-corrected chi connectivity index (χ1v) is 6.55. The molecular weight excluding hydrogens is 245 g/mol. The monoisotopic (exact) mass is 259 g/mol. The highest BCUT2D eigenvalue weighted by Gasteiger charge is 2.12. The lowest BCUT2D eigenvalue weighted by atomic mass is 9.98. The standard InChI is InChI=1S/C15H14FNS/c1-4-6-12-11(5-2)14(16)8-7-13(12)15-9-18-10(3)17-15/h4-9H,2H2,1,3H3/b6-4-. The van der Waals surface area contributed by atoms with Gasteiger partial charge in [0.15, 0.2) is 0 Å². The lowest BCUT2D eigenvalue weighted by Crippen LogP contribution is -1.92. The van der Waals surface area contributed by atoms with Crippen molar-refractivity contribution in [2.24, 2.45) is 0 Å². The lowest BCUT2D eigenvalue weighted by molar-refractivity contribution is 0.625. The molecule has 3 heteroatoms. The number of nitrogens with zero attached hydrogens (tertiary/aromatic N) is 1. The first-order chi connectivity index (χ1) is 8.67. The smallest absolute Gasteiger partial charge is 0.131 e. The fourth-order valence-corrected chi connectivity index (χ4v) is 2.49. The average Bonchev–Trinajstić information content (AvgIpc) is 2.77. The zero-order valence-electron chi connectivity index (χ0n) is 10.4. The van der Waals surface area contributed by atoms with Gasteiger partial charge in [-0.05, 0) is 31.5 Å². The van der Waals surface area contributed by atoms with E-state index in [1.807, 2.05) is 31.4 Å². The molecule has 1 nitrogen and oxygen atoms in total. The molecule has 1 aromatic heterocycles. The molecule has 2 aromatic rings. The van der Waals surface area contributed by atoms with Gasteiger partial charge in [0.1, 0.15) is 5.82 Å². The number of aromatic nitrogens is 1. The molecule has 0 aliphatic rings. The first-order valence-electron chi connectivity index (χ1n) is 5.67. The van der Waals surface area contributed by atoms with E-state index in [1.165, 1.54) is 6.07 Å². The van der Waals surface area contributed by atoms with Gasteiger partial charge in [0, 0.05) is 16.5 Å². The van der Waals surface area contributed by atoms with Gasteiger partial charge in [-0.3, -0.25) is 0 Å². The third-order valence-corrected chi connectivity index (χ3v) is 3.44. The van der Waals surface area contributed by atoms with E-state index >= 15 is 0 Å². The molecule has 0 saturated heterocycles. The molecular formula is C15H14FNS. The number of rotatable bonds is 3. The van der Waals surface area contributed by atoms with Crippen LogP contribution in [0.3, 0.4) is 0 Å². The van der Waals surface area contributed by atoms with Crippen LogP contribution in [0.15, 0.2) is 30.2 Å². The van der Waals surface area contributed by atoms with Crippen LogP contribution in [0.1, 0.15) is 23.1 Å². The van der Waals surface area contributed by atoms with E-state index in [9.17, 15) is 4.39 Å². The highest BCUT2D eigenvalue weighted by molar-refractivity contribution is 7.09. The zero-order chi connectivity index (χ0) is 13.1. The Labute approximate surface area is 110 Å². The van der Waals surface area contributed by atoms with Crippen LogP contribution in [0.2, 0.25) is 0 Å². The summed E-state index contributed by atoms with van der Waals surface area (Å²) in [6.45, 7) is 7.55. The molecule has 0 amide bonds. The fraction of sp³-hybridized carbons (Fsp3) is 0.133. The summed E-state index contributed by atoms with van der Waals surface area (Å²) in [6, 6.07) is 3.24. The molecule has 1 heterocycles. The van der Waals surface area contributed by atoms with Crippen LogP contribution in [-0.2, 0) is 0 Å². The average molecular weight is 259 g/mol. The first kappa shape index (κ1) is 12.7. The van der Waals surface area contributed by atoms with Gasteiger partial charge in [0.2, 0.25) is 0 Å². The summed E-state index contributed by atoms with van der Waals surface area (Å²) < 4.78 is 13.8. The van der Waals surface area contributed by atoms with Crippen molar-refractivity contribution in [1.29, 1.82) is 0 Å².